The van der Waals surface area contributed by atoms with Gasteiger partial charge in [0.1, 0.15) is 0 Å². The molecule has 0 bridgehead atoms. The van der Waals surface area contributed by atoms with Gasteiger partial charge in [-0.05, 0) is 42.3 Å². The molecule has 2 aromatic heterocycles. The van der Waals surface area contributed by atoms with Crippen molar-refractivity contribution in [3.05, 3.63) is 66.6 Å². The van der Waals surface area contributed by atoms with E-state index in [2.05, 4.69) is 20.3 Å². The van der Waals surface area contributed by atoms with Gasteiger partial charge in [0, 0.05) is 30.7 Å². The van der Waals surface area contributed by atoms with E-state index >= 15 is 0 Å². The first kappa shape index (κ1) is 17.0. The van der Waals surface area contributed by atoms with Crippen molar-refractivity contribution in [2.45, 2.75) is 11.3 Å². The molecule has 0 amide bonds. The molecule has 0 fully saturated rings. The van der Waals surface area contributed by atoms with Gasteiger partial charge >= 0.3 is 0 Å². The summed E-state index contributed by atoms with van der Waals surface area (Å²) in [7, 11) is -3.65. The van der Waals surface area contributed by atoms with Crippen LogP contribution in [0.15, 0.2) is 66.0 Å². The fraction of sp³-hybridized carbons (Fsp3) is 0.118. The van der Waals surface area contributed by atoms with Crippen molar-refractivity contribution < 1.29 is 8.42 Å². The average Bonchev–Trinajstić information content (AvgIpc) is 2.62. The Morgan fingerprint density at radius 3 is 2.36 bits per heavy atom. The summed E-state index contributed by atoms with van der Waals surface area (Å²) in [4.78, 5) is 12.8. The van der Waals surface area contributed by atoms with Crippen LogP contribution in [0.25, 0.3) is 11.3 Å². The van der Waals surface area contributed by atoms with Gasteiger partial charge in [0.05, 0.1) is 10.6 Å². The first-order valence-corrected chi connectivity index (χ1v) is 9.16. The summed E-state index contributed by atoms with van der Waals surface area (Å²) in [6.45, 7) is 0.620. The maximum Gasteiger partial charge on any atom is 0.238 e. The number of nitrogens with zero attached hydrogens (tertiary/aromatic N) is 3. The SMILES string of the molecule is NS(=O)(=O)c1ccc(CCNc2nccc(-c3ccncc3)n2)cc1. The summed E-state index contributed by atoms with van der Waals surface area (Å²) < 4.78 is 22.5. The van der Waals surface area contributed by atoms with E-state index in [1.165, 1.54) is 12.1 Å². The summed E-state index contributed by atoms with van der Waals surface area (Å²) in [6, 6.07) is 12.1. The normalized spacial score (nSPS) is 11.2. The van der Waals surface area contributed by atoms with Gasteiger partial charge < -0.3 is 5.32 Å². The molecule has 0 radical (unpaired) electrons. The molecule has 0 aliphatic carbocycles. The zero-order valence-corrected chi connectivity index (χ0v) is 14.1. The molecule has 1 aromatic carbocycles. The van der Waals surface area contributed by atoms with Gasteiger partial charge in [-0.1, -0.05) is 12.1 Å². The van der Waals surface area contributed by atoms with E-state index in [1.807, 2.05) is 18.2 Å². The molecule has 3 N–H and O–H groups in total. The first-order valence-electron chi connectivity index (χ1n) is 7.61. The summed E-state index contributed by atoms with van der Waals surface area (Å²) in [5, 5.41) is 8.25. The second-order valence-electron chi connectivity index (χ2n) is 5.37. The van der Waals surface area contributed by atoms with E-state index in [4.69, 9.17) is 5.14 Å². The number of rotatable bonds is 6. The van der Waals surface area contributed by atoms with Crippen LogP contribution in [0.4, 0.5) is 5.95 Å². The monoisotopic (exact) mass is 355 g/mol. The molecule has 128 valence electrons. The van der Waals surface area contributed by atoms with Crippen LogP contribution in [0, 0.1) is 0 Å². The fourth-order valence-electron chi connectivity index (χ4n) is 2.29. The van der Waals surface area contributed by atoms with Gasteiger partial charge in [-0.3, -0.25) is 4.98 Å². The molecule has 3 rings (SSSR count). The van der Waals surface area contributed by atoms with Crippen molar-refractivity contribution in [2.24, 2.45) is 5.14 Å². The number of nitrogens with one attached hydrogen (secondary N) is 1. The van der Waals surface area contributed by atoms with Gasteiger partial charge in [-0.15, -0.1) is 0 Å². The third-order valence-electron chi connectivity index (χ3n) is 3.58. The lowest BCUT2D eigenvalue weighted by Gasteiger charge is -2.07. The number of aromatic nitrogens is 3. The number of nitrogens with two attached hydrogens (primary N) is 1. The summed E-state index contributed by atoms with van der Waals surface area (Å²) in [5.41, 5.74) is 2.78. The van der Waals surface area contributed by atoms with E-state index in [-0.39, 0.29) is 4.90 Å². The Hall–Kier alpha value is -2.84. The molecule has 0 atom stereocenters. The zero-order chi connectivity index (χ0) is 17.7. The highest BCUT2D eigenvalue weighted by Gasteiger charge is 2.07. The minimum absolute atomic E-state index is 0.109. The molecular weight excluding hydrogens is 338 g/mol. The average molecular weight is 355 g/mol. The Morgan fingerprint density at radius 2 is 1.68 bits per heavy atom. The van der Waals surface area contributed by atoms with Gasteiger partial charge in [-0.25, -0.2) is 23.5 Å². The van der Waals surface area contributed by atoms with Crippen molar-refractivity contribution in [2.75, 3.05) is 11.9 Å². The maximum absolute atomic E-state index is 11.2. The van der Waals surface area contributed by atoms with Crippen molar-refractivity contribution in [3.8, 4) is 11.3 Å². The Bertz CT molecular complexity index is 944. The number of benzene rings is 1. The smallest absolute Gasteiger partial charge is 0.238 e. The summed E-state index contributed by atoms with van der Waals surface area (Å²) in [5.74, 6) is 0.537. The molecule has 3 aromatic rings. The predicted molar refractivity (Wildman–Crippen MR) is 95.3 cm³/mol. The molecular formula is C17H17N5O2S. The predicted octanol–water partition coefficient (Wildman–Crippen LogP) is 1.84. The van der Waals surface area contributed by atoms with Crippen molar-refractivity contribution >= 4 is 16.0 Å². The number of anilines is 1. The minimum atomic E-state index is -3.65. The Balaban J connectivity index is 1.61. The number of hydrogen-bond donors (Lipinski definition) is 2. The Morgan fingerprint density at radius 1 is 0.960 bits per heavy atom. The fourth-order valence-corrected chi connectivity index (χ4v) is 2.81. The lowest BCUT2D eigenvalue weighted by molar-refractivity contribution is 0.598. The van der Waals surface area contributed by atoms with E-state index in [0.29, 0.717) is 18.9 Å². The maximum atomic E-state index is 11.2. The van der Waals surface area contributed by atoms with Gasteiger partial charge in [0.2, 0.25) is 16.0 Å². The van der Waals surface area contributed by atoms with Crippen molar-refractivity contribution in [1.29, 1.82) is 0 Å². The van der Waals surface area contributed by atoms with Crippen LogP contribution in [0.1, 0.15) is 5.56 Å². The van der Waals surface area contributed by atoms with Crippen LogP contribution in [0.3, 0.4) is 0 Å². The second-order valence-corrected chi connectivity index (χ2v) is 6.93. The molecule has 0 spiro atoms. The minimum Gasteiger partial charge on any atom is -0.354 e. The number of pyridine rings is 1. The molecule has 0 aliphatic rings. The number of hydrogen-bond acceptors (Lipinski definition) is 6. The van der Waals surface area contributed by atoms with E-state index in [9.17, 15) is 8.42 Å². The highest BCUT2D eigenvalue weighted by atomic mass is 32.2. The third kappa shape index (κ3) is 4.59. The first-order chi connectivity index (χ1) is 12.0. The molecule has 2 heterocycles. The molecule has 0 aliphatic heterocycles. The van der Waals surface area contributed by atoms with E-state index in [0.717, 1.165) is 16.8 Å². The zero-order valence-electron chi connectivity index (χ0n) is 13.3. The molecule has 8 heteroatoms. The van der Waals surface area contributed by atoms with Crippen LogP contribution in [0.2, 0.25) is 0 Å². The van der Waals surface area contributed by atoms with Gasteiger partial charge in [0.25, 0.3) is 0 Å². The summed E-state index contributed by atoms with van der Waals surface area (Å²) >= 11 is 0. The summed E-state index contributed by atoms with van der Waals surface area (Å²) in [6.07, 6.45) is 5.84. The quantitative estimate of drug-likeness (QED) is 0.698. The highest BCUT2D eigenvalue weighted by Crippen LogP contribution is 2.16. The Kier molecular flexibility index (Phi) is 5.01. The highest BCUT2D eigenvalue weighted by molar-refractivity contribution is 7.89. The number of primary sulfonamides is 1. The Labute approximate surface area is 146 Å². The van der Waals surface area contributed by atoms with E-state index in [1.54, 1.807) is 30.7 Å². The lowest BCUT2D eigenvalue weighted by Crippen LogP contribution is -2.12. The van der Waals surface area contributed by atoms with Crippen molar-refractivity contribution in [3.63, 3.8) is 0 Å². The molecule has 0 saturated heterocycles. The standard InChI is InChI=1S/C17H17N5O2S/c18-25(23,24)15-3-1-13(2-4-15)5-11-20-17-21-12-8-16(22-17)14-6-9-19-10-7-14/h1-4,6-10,12H,5,11H2,(H2,18,23,24)(H,20,21,22). The van der Waals surface area contributed by atoms with Crippen LogP contribution in [0.5, 0.6) is 0 Å². The van der Waals surface area contributed by atoms with Gasteiger partial charge in [-0.2, -0.15) is 0 Å². The molecule has 0 saturated carbocycles. The molecule has 25 heavy (non-hydrogen) atoms. The largest absolute Gasteiger partial charge is 0.354 e. The van der Waals surface area contributed by atoms with Crippen LogP contribution >= 0.6 is 0 Å². The van der Waals surface area contributed by atoms with Crippen LogP contribution in [-0.4, -0.2) is 29.9 Å². The van der Waals surface area contributed by atoms with Gasteiger partial charge in [0.15, 0.2) is 0 Å². The van der Waals surface area contributed by atoms with Crippen LogP contribution in [-0.2, 0) is 16.4 Å². The molecule has 0 unspecified atom stereocenters. The molecule has 7 nitrogen and oxygen atoms in total. The van der Waals surface area contributed by atoms with Crippen molar-refractivity contribution in [1.82, 2.24) is 15.0 Å². The lowest BCUT2D eigenvalue weighted by atomic mass is 10.1. The van der Waals surface area contributed by atoms with Crippen LogP contribution < -0.4 is 10.5 Å². The van der Waals surface area contributed by atoms with E-state index < -0.39 is 10.0 Å². The number of sulfonamides is 1. The topological polar surface area (TPSA) is 111 Å². The second kappa shape index (κ2) is 7.37. The third-order valence-corrected chi connectivity index (χ3v) is 4.51.